The highest BCUT2D eigenvalue weighted by molar-refractivity contribution is 7.89. The Balaban J connectivity index is 2.37. The molecule has 7 heteroatoms. The SMILES string of the molecule is CCCC1CCCCN1S(=O)(=O)c1n[nH]c(C)c1CN. The number of aryl methyl sites for hydroxylation is 1. The minimum Gasteiger partial charge on any atom is -0.326 e. The number of piperidine rings is 1. The largest absolute Gasteiger partial charge is 0.326 e. The van der Waals surface area contributed by atoms with E-state index >= 15 is 0 Å². The lowest BCUT2D eigenvalue weighted by molar-refractivity contribution is 0.239. The number of hydrogen-bond acceptors (Lipinski definition) is 4. The standard InChI is InChI=1S/C13H24N4O2S/c1-3-6-11-7-4-5-8-17(11)20(18,19)13-12(9-14)10(2)15-16-13/h11H,3-9,14H2,1-2H3,(H,15,16). The molecule has 0 spiro atoms. The first-order valence-corrected chi connectivity index (χ1v) is 8.72. The Morgan fingerprint density at radius 1 is 1.45 bits per heavy atom. The maximum atomic E-state index is 12.9. The lowest BCUT2D eigenvalue weighted by atomic mass is 10.0. The molecule has 3 N–H and O–H groups in total. The Bertz CT molecular complexity index is 551. The minimum absolute atomic E-state index is 0.0985. The fourth-order valence-corrected chi connectivity index (χ4v) is 4.81. The number of rotatable bonds is 5. The molecule has 0 aromatic carbocycles. The molecule has 0 bridgehead atoms. The predicted octanol–water partition coefficient (Wildman–Crippen LogP) is 1.52. The molecule has 1 atom stereocenters. The normalized spacial score (nSPS) is 21.2. The fraction of sp³-hybridized carbons (Fsp3) is 0.769. The molecule has 1 saturated heterocycles. The number of aromatic nitrogens is 2. The van der Waals surface area contributed by atoms with Gasteiger partial charge in [-0.2, -0.15) is 9.40 Å². The van der Waals surface area contributed by atoms with E-state index in [4.69, 9.17) is 5.73 Å². The van der Waals surface area contributed by atoms with Crippen LogP contribution in [0.3, 0.4) is 0 Å². The highest BCUT2D eigenvalue weighted by atomic mass is 32.2. The number of sulfonamides is 1. The number of aromatic amines is 1. The third-order valence-corrected chi connectivity index (χ3v) is 5.91. The molecule has 0 aliphatic carbocycles. The summed E-state index contributed by atoms with van der Waals surface area (Å²) in [6.07, 6.45) is 4.84. The summed E-state index contributed by atoms with van der Waals surface area (Å²) in [6.45, 7) is 4.66. The molecule has 2 rings (SSSR count). The number of nitrogens with zero attached hydrogens (tertiary/aromatic N) is 2. The van der Waals surface area contributed by atoms with Gasteiger partial charge in [-0.3, -0.25) is 5.10 Å². The van der Waals surface area contributed by atoms with E-state index in [9.17, 15) is 8.42 Å². The Labute approximate surface area is 120 Å². The van der Waals surface area contributed by atoms with Gasteiger partial charge in [0.25, 0.3) is 10.0 Å². The lowest BCUT2D eigenvalue weighted by Gasteiger charge is -2.34. The van der Waals surface area contributed by atoms with Gasteiger partial charge in [-0.25, -0.2) is 8.42 Å². The van der Waals surface area contributed by atoms with E-state index in [1.54, 1.807) is 11.2 Å². The molecule has 1 aromatic rings. The summed E-state index contributed by atoms with van der Waals surface area (Å²) < 4.78 is 27.3. The second-order valence-corrected chi connectivity index (χ2v) is 7.20. The van der Waals surface area contributed by atoms with Gasteiger partial charge in [0.2, 0.25) is 0 Å². The van der Waals surface area contributed by atoms with E-state index in [1.165, 1.54) is 0 Å². The highest BCUT2D eigenvalue weighted by Crippen LogP contribution is 2.28. The zero-order valence-corrected chi connectivity index (χ0v) is 13.0. The first-order valence-electron chi connectivity index (χ1n) is 7.28. The Hall–Kier alpha value is -0.920. The van der Waals surface area contributed by atoms with Crippen LogP contribution >= 0.6 is 0 Å². The number of nitrogens with one attached hydrogen (secondary N) is 1. The van der Waals surface area contributed by atoms with Crippen LogP contribution in [-0.4, -0.2) is 35.5 Å². The lowest BCUT2D eigenvalue weighted by Crippen LogP contribution is -2.44. The molecule has 6 nitrogen and oxygen atoms in total. The van der Waals surface area contributed by atoms with E-state index in [-0.39, 0.29) is 17.6 Å². The van der Waals surface area contributed by atoms with Crippen molar-refractivity contribution in [2.75, 3.05) is 6.54 Å². The molecule has 2 heterocycles. The van der Waals surface area contributed by atoms with Crippen molar-refractivity contribution in [3.63, 3.8) is 0 Å². The zero-order chi connectivity index (χ0) is 14.8. The van der Waals surface area contributed by atoms with Crippen molar-refractivity contribution in [1.29, 1.82) is 0 Å². The van der Waals surface area contributed by atoms with Gasteiger partial charge in [0.1, 0.15) is 0 Å². The van der Waals surface area contributed by atoms with Gasteiger partial charge in [-0.15, -0.1) is 0 Å². The fourth-order valence-electron chi connectivity index (χ4n) is 2.91. The van der Waals surface area contributed by atoms with E-state index in [1.807, 2.05) is 0 Å². The van der Waals surface area contributed by atoms with Crippen LogP contribution in [0.15, 0.2) is 5.03 Å². The Morgan fingerprint density at radius 3 is 2.85 bits per heavy atom. The average molecular weight is 300 g/mol. The molecule has 0 radical (unpaired) electrons. The van der Waals surface area contributed by atoms with Gasteiger partial charge in [-0.05, 0) is 26.2 Å². The molecule has 1 aromatic heterocycles. The Morgan fingerprint density at radius 2 is 2.20 bits per heavy atom. The van der Waals surface area contributed by atoms with Crippen LogP contribution in [-0.2, 0) is 16.6 Å². The summed E-state index contributed by atoms with van der Waals surface area (Å²) in [7, 11) is -3.54. The third kappa shape index (κ3) is 2.75. The molecule has 114 valence electrons. The Kier molecular flexibility index (Phi) is 4.82. The average Bonchev–Trinajstić information content (AvgIpc) is 2.81. The van der Waals surface area contributed by atoms with Gasteiger partial charge in [-0.1, -0.05) is 19.8 Å². The molecule has 0 amide bonds. The minimum atomic E-state index is -3.54. The van der Waals surface area contributed by atoms with Gasteiger partial charge < -0.3 is 5.73 Å². The van der Waals surface area contributed by atoms with Crippen LogP contribution in [0.1, 0.15) is 50.3 Å². The van der Waals surface area contributed by atoms with Crippen molar-refractivity contribution >= 4 is 10.0 Å². The number of nitrogens with two attached hydrogens (primary N) is 1. The maximum Gasteiger partial charge on any atom is 0.262 e. The van der Waals surface area contributed by atoms with Crippen LogP contribution in [0.25, 0.3) is 0 Å². The molecular weight excluding hydrogens is 276 g/mol. The summed E-state index contributed by atoms with van der Waals surface area (Å²) in [5, 5.41) is 6.85. The molecule has 1 unspecified atom stereocenters. The first-order chi connectivity index (χ1) is 9.52. The summed E-state index contributed by atoms with van der Waals surface area (Å²) in [6, 6.07) is 0.0985. The maximum absolute atomic E-state index is 12.9. The summed E-state index contributed by atoms with van der Waals surface area (Å²) in [5.41, 5.74) is 7.01. The number of hydrogen-bond donors (Lipinski definition) is 2. The second-order valence-electron chi connectivity index (χ2n) is 5.39. The molecule has 1 fully saturated rings. The molecular formula is C13H24N4O2S. The summed E-state index contributed by atoms with van der Waals surface area (Å²) >= 11 is 0. The second kappa shape index (κ2) is 6.24. The van der Waals surface area contributed by atoms with Gasteiger partial charge in [0.15, 0.2) is 5.03 Å². The van der Waals surface area contributed by atoms with Crippen LogP contribution in [0.2, 0.25) is 0 Å². The molecule has 1 aliphatic rings. The van der Waals surface area contributed by atoms with Gasteiger partial charge in [0, 0.05) is 30.4 Å². The third-order valence-electron chi connectivity index (χ3n) is 3.99. The van der Waals surface area contributed by atoms with E-state index in [0.29, 0.717) is 12.1 Å². The van der Waals surface area contributed by atoms with Crippen LogP contribution in [0, 0.1) is 6.92 Å². The monoisotopic (exact) mass is 300 g/mol. The topological polar surface area (TPSA) is 92.1 Å². The molecule has 0 saturated carbocycles. The van der Waals surface area contributed by atoms with Crippen molar-refractivity contribution in [2.24, 2.45) is 5.73 Å². The van der Waals surface area contributed by atoms with Crippen molar-refractivity contribution in [3.05, 3.63) is 11.3 Å². The van der Waals surface area contributed by atoms with Crippen LogP contribution < -0.4 is 5.73 Å². The van der Waals surface area contributed by atoms with Crippen molar-refractivity contribution in [1.82, 2.24) is 14.5 Å². The highest BCUT2D eigenvalue weighted by Gasteiger charge is 2.36. The van der Waals surface area contributed by atoms with Crippen molar-refractivity contribution < 1.29 is 8.42 Å². The first kappa shape index (κ1) is 15.5. The molecule has 1 aliphatic heterocycles. The quantitative estimate of drug-likeness (QED) is 0.862. The van der Waals surface area contributed by atoms with E-state index < -0.39 is 10.0 Å². The van der Waals surface area contributed by atoms with E-state index in [0.717, 1.165) is 37.8 Å². The van der Waals surface area contributed by atoms with E-state index in [2.05, 4.69) is 17.1 Å². The zero-order valence-electron chi connectivity index (χ0n) is 12.2. The summed E-state index contributed by atoms with van der Waals surface area (Å²) in [4.78, 5) is 0. The molecule has 20 heavy (non-hydrogen) atoms. The smallest absolute Gasteiger partial charge is 0.262 e. The van der Waals surface area contributed by atoms with Crippen molar-refractivity contribution in [2.45, 2.75) is 63.6 Å². The van der Waals surface area contributed by atoms with Gasteiger partial charge >= 0.3 is 0 Å². The van der Waals surface area contributed by atoms with Crippen LogP contribution in [0.5, 0.6) is 0 Å². The predicted molar refractivity (Wildman–Crippen MR) is 77.7 cm³/mol. The van der Waals surface area contributed by atoms with Crippen molar-refractivity contribution in [3.8, 4) is 0 Å². The van der Waals surface area contributed by atoms with Crippen LogP contribution in [0.4, 0.5) is 0 Å². The number of H-pyrrole nitrogens is 1. The summed E-state index contributed by atoms with van der Waals surface area (Å²) in [5.74, 6) is 0. The van der Waals surface area contributed by atoms with Gasteiger partial charge in [0.05, 0.1) is 0 Å².